The molecule has 1 aromatic carbocycles. The summed E-state index contributed by atoms with van der Waals surface area (Å²) in [5, 5.41) is 0. The van der Waals surface area contributed by atoms with Crippen molar-refractivity contribution >= 4 is 0 Å². The van der Waals surface area contributed by atoms with E-state index >= 15 is 0 Å². The van der Waals surface area contributed by atoms with Crippen molar-refractivity contribution in [1.29, 1.82) is 0 Å². The van der Waals surface area contributed by atoms with Gasteiger partial charge in [0.15, 0.2) is 5.82 Å². The van der Waals surface area contributed by atoms with Crippen LogP contribution in [0.2, 0.25) is 0 Å². The van der Waals surface area contributed by atoms with Crippen LogP contribution in [-0.4, -0.2) is 9.97 Å². The zero-order valence-electron chi connectivity index (χ0n) is 19.0. The van der Waals surface area contributed by atoms with E-state index in [2.05, 4.69) is 48.1 Å². The first kappa shape index (κ1) is 23.6. The second kappa shape index (κ2) is 15.2. The van der Waals surface area contributed by atoms with Gasteiger partial charge in [-0.1, -0.05) is 109 Å². The molecule has 0 aliphatic heterocycles. The van der Waals surface area contributed by atoms with Crippen LogP contribution in [0, 0.1) is 0 Å². The lowest BCUT2D eigenvalue weighted by molar-refractivity contribution is 0.565. The van der Waals surface area contributed by atoms with Gasteiger partial charge in [-0.15, -0.1) is 0 Å². The molecule has 0 spiro atoms. The molecular formula is C27H42N2. The third-order valence-corrected chi connectivity index (χ3v) is 5.81. The van der Waals surface area contributed by atoms with Gasteiger partial charge in [0, 0.05) is 18.0 Å². The standard InChI is InChI=1S/C27H42N2/c1-3-5-7-9-10-11-12-13-15-16-24-18-20-26(21-19-24)27-28-22-25(23-29-27)17-14-8-6-4-2/h18-23H,3-17H2,1-2H3. The topological polar surface area (TPSA) is 25.8 Å². The number of benzene rings is 1. The lowest BCUT2D eigenvalue weighted by Gasteiger charge is -2.05. The third-order valence-electron chi connectivity index (χ3n) is 5.81. The first-order valence-electron chi connectivity index (χ1n) is 12.2. The summed E-state index contributed by atoms with van der Waals surface area (Å²) in [5.74, 6) is 0.844. The molecule has 1 heterocycles. The van der Waals surface area contributed by atoms with E-state index in [1.54, 1.807) is 0 Å². The van der Waals surface area contributed by atoms with Crippen molar-refractivity contribution in [3.63, 3.8) is 0 Å². The molecule has 29 heavy (non-hydrogen) atoms. The average Bonchev–Trinajstić information content (AvgIpc) is 2.76. The van der Waals surface area contributed by atoms with Crippen molar-refractivity contribution in [2.75, 3.05) is 0 Å². The molecule has 0 saturated carbocycles. The van der Waals surface area contributed by atoms with Gasteiger partial charge in [-0.2, -0.15) is 0 Å². The number of nitrogens with zero attached hydrogens (tertiary/aromatic N) is 2. The Morgan fingerprint density at radius 3 is 1.52 bits per heavy atom. The van der Waals surface area contributed by atoms with E-state index in [4.69, 9.17) is 0 Å². The Morgan fingerprint density at radius 2 is 0.966 bits per heavy atom. The van der Waals surface area contributed by atoms with Gasteiger partial charge < -0.3 is 0 Å². The number of aromatic nitrogens is 2. The van der Waals surface area contributed by atoms with Crippen molar-refractivity contribution in [3.05, 3.63) is 47.8 Å². The molecule has 1 aromatic heterocycles. The second-order valence-corrected chi connectivity index (χ2v) is 8.50. The van der Waals surface area contributed by atoms with E-state index in [1.165, 1.54) is 101 Å². The molecule has 0 atom stereocenters. The van der Waals surface area contributed by atoms with Gasteiger partial charge in [-0.3, -0.25) is 0 Å². The summed E-state index contributed by atoms with van der Waals surface area (Å²) in [6.07, 6.45) is 23.9. The number of unbranched alkanes of at least 4 members (excludes halogenated alkanes) is 11. The normalized spacial score (nSPS) is 11.1. The molecule has 0 aliphatic carbocycles. The molecule has 0 radical (unpaired) electrons. The van der Waals surface area contributed by atoms with E-state index in [-0.39, 0.29) is 0 Å². The molecule has 2 aromatic rings. The highest BCUT2D eigenvalue weighted by atomic mass is 14.9. The highest BCUT2D eigenvalue weighted by Crippen LogP contribution is 2.18. The first-order chi connectivity index (χ1) is 14.3. The molecule has 2 heteroatoms. The maximum absolute atomic E-state index is 4.59. The first-order valence-corrected chi connectivity index (χ1v) is 12.2. The number of hydrogen-bond acceptors (Lipinski definition) is 2. The average molecular weight is 395 g/mol. The summed E-state index contributed by atoms with van der Waals surface area (Å²) in [5.41, 5.74) is 3.81. The van der Waals surface area contributed by atoms with E-state index in [9.17, 15) is 0 Å². The van der Waals surface area contributed by atoms with Gasteiger partial charge in [0.2, 0.25) is 0 Å². The van der Waals surface area contributed by atoms with Gasteiger partial charge in [-0.05, 0) is 36.8 Å². The highest BCUT2D eigenvalue weighted by molar-refractivity contribution is 5.55. The highest BCUT2D eigenvalue weighted by Gasteiger charge is 2.03. The van der Waals surface area contributed by atoms with Crippen LogP contribution < -0.4 is 0 Å². The van der Waals surface area contributed by atoms with Crippen molar-refractivity contribution in [1.82, 2.24) is 9.97 Å². The monoisotopic (exact) mass is 394 g/mol. The van der Waals surface area contributed by atoms with Gasteiger partial charge in [0.25, 0.3) is 0 Å². The number of rotatable bonds is 16. The molecule has 0 saturated heterocycles. The van der Waals surface area contributed by atoms with Crippen molar-refractivity contribution in [3.8, 4) is 11.4 Å². The Morgan fingerprint density at radius 1 is 0.517 bits per heavy atom. The van der Waals surface area contributed by atoms with Crippen LogP contribution in [0.15, 0.2) is 36.7 Å². The summed E-state index contributed by atoms with van der Waals surface area (Å²) in [6, 6.07) is 8.86. The van der Waals surface area contributed by atoms with Gasteiger partial charge in [0.1, 0.15) is 0 Å². The summed E-state index contributed by atoms with van der Waals surface area (Å²) in [6.45, 7) is 4.53. The minimum Gasteiger partial charge on any atom is -0.236 e. The molecule has 160 valence electrons. The Balaban J connectivity index is 1.65. The van der Waals surface area contributed by atoms with Crippen molar-refractivity contribution in [2.24, 2.45) is 0 Å². The lowest BCUT2D eigenvalue weighted by Crippen LogP contribution is -1.94. The van der Waals surface area contributed by atoms with Crippen LogP contribution in [0.4, 0.5) is 0 Å². The van der Waals surface area contributed by atoms with Gasteiger partial charge in [-0.25, -0.2) is 9.97 Å². The molecule has 2 nitrogen and oxygen atoms in total. The SMILES string of the molecule is CCCCCCCCCCCc1ccc(-c2ncc(CCCCCC)cn2)cc1. The second-order valence-electron chi connectivity index (χ2n) is 8.50. The molecular weight excluding hydrogens is 352 g/mol. The summed E-state index contributed by atoms with van der Waals surface area (Å²) in [4.78, 5) is 9.18. The molecule has 0 unspecified atom stereocenters. The van der Waals surface area contributed by atoms with Crippen LogP contribution in [0.3, 0.4) is 0 Å². The molecule has 0 bridgehead atoms. The van der Waals surface area contributed by atoms with Gasteiger partial charge in [0.05, 0.1) is 0 Å². The summed E-state index contributed by atoms with van der Waals surface area (Å²) >= 11 is 0. The molecule has 0 aliphatic rings. The molecule has 0 N–H and O–H groups in total. The van der Waals surface area contributed by atoms with E-state index in [1.807, 2.05) is 12.4 Å². The quantitative estimate of drug-likeness (QED) is 0.267. The predicted molar refractivity (Wildman–Crippen MR) is 126 cm³/mol. The summed E-state index contributed by atoms with van der Waals surface area (Å²) in [7, 11) is 0. The Labute approximate surface area is 179 Å². The molecule has 2 rings (SSSR count). The smallest absolute Gasteiger partial charge is 0.159 e. The minimum atomic E-state index is 0.844. The minimum absolute atomic E-state index is 0.844. The maximum Gasteiger partial charge on any atom is 0.159 e. The fraction of sp³-hybridized carbons (Fsp3) is 0.630. The van der Waals surface area contributed by atoms with Crippen LogP contribution >= 0.6 is 0 Å². The van der Waals surface area contributed by atoms with Crippen LogP contribution in [-0.2, 0) is 12.8 Å². The Kier molecular flexibility index (Phi) is 12.3. The summed E-state index contributed by atoms with van der Waals surface area (Å²) < 4.78 is 0. The molecule has 0 amide bonds. The zero-order chi connectivity index (χ0) is 20.6. The van der Waals surface area contributed by atoms with Gasteiger partial charge >= 0.3 is 0 Å². The maximum atomic E-state index is 4.59. The van der Waals surface area contributed by atoms with Crippen LogP contribution in [0.1, 0.15) is 108 Å². The van der Waals surface area contributed by atoms with E-state index in [0.717, 1.165) is 17.8 Å². The molecule has 0 fully saturated rings. The van der Waals surface area contributed by atoms with E-state index < -0.39 is 0 Å². The lowest BCUT2D eigenvalue weighted by atomic mass is 10.0. The number of aryl methyl sites for hydroxylation is 2. The predicted octanol–water partition coefficient (Wildman–Crippen LogP) is 8.34. The fourth-order valence-electron chi connectivity index (χ4n) is 3.85. The number of hydrogen-bond donors (Lipinski definition) is 0. The van der Waals surface area contributed by atoms with Crippen LogP contribution in [0.25, 0.3) is 11.4 Å². The zero-order valence-corrected chi connectivity index (χ0v) is 19.0. The van der Waals surface area contributed by atoms with Crippen LogP contribution in [0.5, 0.6) is 0 Å². The van der Waals surface area contributed by atoms with Crippen molar-refractivity contribution in [2.45, 2.75) is 110 Å². The van der Waals surface area contributed by atoms with Crippen molar-refractivity contribution < 1.29 is 0 Å². The third kappa shape index (κ3) is 10.1. The Bertz CT molecular complexity index is 631. The van der Waals surface area contributed by atoms with E-state index in [0.29, 0.717) is 0 Å². The fourth-order valence-corrected chi connectivity index (χ4v) is 3.85. The Hall–Kier alpha value is -1.70. The largest absolute Gasteiger partial charge is 0.236 e.